The molecule has 0 amide bonds. The second-order valence-electron chi connectivity index (χ2n) is 5.09. The van der Waals surface area contributed by atoms with E-state index in [0.717, 1.165) is 19.4 Å². The summed E-state index contributed by atoms with van der Waals surface area (Å²) < 4.78 is 5.17. The van der Waals surface area contributed by atoms with Crippen LogP contribution in [0.15, 0.2) is 16.5 Å². The van der Waals surface area contributed by atoms with E-state index in [-0.39, 0.29) is 11.8 Å². The number of carboxylic acids is 1. The Balaban J connectivity index is 2.06. The largest absolute Gasteiger partial charge is 0.475 e. The van der Waals surface area contributed by atoms with Crippen LogP contribution in [0.4, 0.5) is 0 Å². The summed E-state index contributed by atoms with van der Waals surface area (Å²) in [6.45, 7) is 2.63. The minimum Gasteiger partial charge on any atom is -0.475 e. The number of nitrogens with one attached hydrogen (secondary N) is 1. The molecule has 0 spiro atoms. The van der Waals surface area contributed by atoms with Crippen molar-refractivity contribution in [1.82, 2.24) is 5.32 Å². The third kappa shape index (κ3) is 2.91. The Morgan fingerprint density at radius 2 is 2.33 bits per heavy atom. The van der Waals surface area contributed by atoms with Crippen molar-refractivity contribution in [3.63, 3.8) is 0 Å². The molecular formula is C13H19NO4. The zero-order chi connectivity index (χ0) is 13.2. The van der Waals surface area contributed by atoms with E-state index < -0.39 is 11.6 Å². The van der Waals surface area contributed by atoms with Gasteiger partial charge in [0.15, 0.2) is 0 Å². The van der Waals surface area contributed by atoms with Gasteiger partial charge in [-0.15, -0.1) is 0 Å². The highest BCUT2D eigenvalue weighted by atomic mass is 16.4. The van der Waals surface area contributed by atoms with Crippen LogP contribution in [0, 0.1) is 0 Å². The lowest BCUT2D eigenvalue weighted by Crippen LogP contribution is -2.39. The minimum atomic E-state index is -1.14. The third-order valence-electron chi connectivity index (χ3n) is 3.40. The molecule has 1 aromatic heterocycles. The highest BCUT2D eigenvalue weighted by Crippen LogP contribution is 2.29. The fourth-order valence-corrected chi connectivity index (χ4v) is 2.42. The normalized spacial score (nSPS) is 23.6. The van der Waals surface area contributed by atoms with Gasteiger partial charge in [0, 0.05) is 6.04 Å². The maximum atomic E-state index is 10.7. The van der Waals surface area contributed by atoms with Crippen LogP contribution in [0.1, 0.15) is 48.9 Å². The van der Waals surface area contributed by atoms with Gasteiger partial charge >= 0.3 is 5.97 Å². The van der Waals surface area contributed by atoms with Crippen molar-refractivity contribution >= 4 is 5.97 Å². The Morgan fingerprint density at radius 3 is 2.89 bits per heavy atom. The van der Waals surface area contributed by atoms with Crippen molar-refractivity contribution in [3.8, 4) is 0 Å². The van der Waals surface area contributed by atoms with E-state index in [1.807, 2.05) is 0 Å². The fraction of sp³-hybridized carbons (Fsp3) is 0.615. The van der Waals surface area contributed by atoms with Crippen molar-refractivity contribution in [3.05, 3.63) is 23.7 Å². The van der Waals surface area contributed by atoms with Crippen LogP contribution >= 0.6 is 0 Å². The molecule has 1 aliphatic heterocycles. The van der Waals surface area contributed by atoms with E-state index in [4.69, 9.17) is 9.52 Å². The van der Waals surface area contributed by atoms with Crippen LogP contribution in [-0.4, -0.2) is 28.8 Å². The number of aliphatic hydroxyl groups is 1. The van der Waals surface area contributed by atoms with Crippen molar-refractivity contribution in [1.29, 1.82) is 0 Å². The maximum absolute atomic E-state index is 10.7. The van der Waals surface area contributed by atoms with E-state index in [9.17, 15) is 9.90 Å². The number of furan rings is 1. The molecule has 2 rings (SSSR count). The first-order valence-corrected chi connectivity index (χ1v) is 6.28. The monoisotopic (exact) mass is 253 g/mol. The third-order valence-corrected chi connectivity index (χ3v) is 3.40. The van der Waals surface area contributed by atoms with Crippen molar-refractivity contribution < 1.29 is 19.4 Å². The Hall–Kier alpha value is -1.33. The standard InChI is InChI=1S/C13H19NO4/c1-13(17,8-9-4-2-3-7-14-9)11-6-5-10(18-11)12(15)16/h5-6,9,14,17H,2-4,7-8H2,1H3,(H,15,16). The molecule has 2 heterocycles. The topological polar surface area (TPSA) is 82.7 Å². The average Bonchev–Trinajstić information content (AvgIpc) is 2.79. The fourth-order valence-electron chi connectivity index (χ4n) is 2.42. The average molecular weight is 253 g/mol. The Kier molecular flexibility index (Phi) is 3.73. The first-order valence-electron chi connectivity index (χ1n) is 6.28. The number of rotatable bonds is 4. The van der Waals surface area contributed by atoms with Gasteiger partial charge in [-0.1, -0.05) is 6.42 Å². The number of aromatic carboxylic acids is 1. The predicted octanol–water partition coefficient (Wildman–Crippen LogP) is 1.72. The summed E-state index contributed by atoms with van der Waals surface area (Å²) in [7, 11) is 0. The molecule has 1 saturated heterocycles. The van der Waals surface area contributed by atoms with Gasteiger partial charge in [-0.2, -0.15) is 0 Å². The van der Waals surface area contributed by atoms with Gasteiger partial charge in [0.1, 0.15) is 11.4 Å². The lowest BCUT2D eigenvalue weighted by Gasteiger charge is -2.30. The second kappa shape index (κ2) is 5.12. The van der Waals surface area contributed by atoms with Crippen molar-refractivity contribution in [2.24, 2.45) is 0 Å². The first-order chi connectivity index (χ1) is 8.49. The van der Waals surface area contributed by atoms with E-state index in [0.29, 0.717) is 12.2 Å². The van der Waals surface area contributed by atoms with Crippen LogP contribution in [-0.2, 0) is 5.60 Å². The number of carboxylic acid groups (broad SMARTS) is 1. The summed E-state index contributed by atoms with van der Waals surface area (Å²) in [6.07, 6.45) is 3.89. The number of hydrogen-bond acceptors (Lipinski definition) is 4. The molecule has 18 heavy (non-hydrogen) atoms. The van der Waals surface area contributed by atoms with Crippen LogP contribution in [0.25, 0.3) is 0 Å². The second-order valence-corrected chi connectivity index (χ2v) is 5.09. The number of piperidine rings is 1. The van der Waals surface area contributed by atoms with Gasteiger partial charge in [-0.05, 0) is 44.9 Å². The SMILES string of the molecule is CC(O)(CC1CCCCN1)c1ccc(C(=O)O)o1. The van der Waals surface area contributed by atoms with E-state index >= 15 is 0 Å². The van der Waals surface area contributed by atoms with Crippen LogP contribution in [0.2, 0.25) is 0 Å². The summed E-state index contributed by atoms with van der Waals surface area (Å²) in [5.74, 6) is -0.943. The first kappa shape index (κ1) is 13.1. The maximum Gasteiger partial charge on any atom is 0.371 e. The van der Waals surface area contributed by atoms with Gasteiger partial charge in [0.2, 0.25) is 5.76 Å². The van der Waals surface area contributed by atoms with Gasteiger partial charge in [0.05, 0.1) is 0 Å². The highest BCUT2D eigenvalue weighted by Gasteiger charge is 2.31. The molecule has 2 unspecified atom stereocenters. The molecule has 0 aromatic carbocycles. The molecule has 0 aliphatic carbocycles. The lowest BCUT2D eigenvalue weighted by atomic mass is 9.90. The van der Waals surface area contributed by atoms with Gasteiger partial charge < -0.3 is 19.9 Å². The van der Waals surface area contributed by atoms with E-state index in [1.54, 1.807) is 6.92 Å². The number of carbonyl (C=O) groups is 1. The van der Waals surface area contributed by atoms with Gasteiger partial charge in [0.25, 0.3) is 0 Å². The van der Waals surface area contributed by atoms with Crippen LogP contribution < -0.4 is 5.32 Å². The quantitative estimate of drug-likeness (QED) is 0.761. The molecule has 1 aromatic rings. The van der Waals surface area contributed by atoms with Crippen molar-refractivity contribution in [2.75, 3.05) is 6.54 Å². The molecule has 5 heteroatoms. The predicted molar refractivity (Wildman–Crippen MR) is 65.5 cm³/mol. The van der Waals surface area contributed by atoms with Crippen LogP contribution in [0.3, 0.4) is 0 Å². The van der Waals surface area contributed by atoms with Crippen LogP contribution in [0.5, 0.6) is 0 Å². The molecular weight excluding hydrogens is 234 g/mol. The van der Waals surface area contributed by atoms with E-state index in [1.165, 1.54) is 18.6 Å². The molecule has 1 aliphatic rings. The summed E-state index contributed by atoms with van der Waals surface area (Å²) >= 11 is 0. The molecule has 0 saturated carbocycles. The molecule has 100 valence electrons. The van der Waals surface area contributed by atoms with Gasteiger partial charge in [-0.3, -0.25) is 0 Å². The van der Waals surface area contributed by atoms with Gasteiger partial charge in [-0.25, -0.2) is 4.79 Å². The molecule has 5 nitrogen and oxygen atoms in total. The van der Waals surface area contributed by atoms with E-state index in [2.05, 4.69) is 5.32 Å². The Morgan fingerprint density at radius 1 is 1.56 bits per heavy atom. The van der Waals surface area contributed by atoms with Crippen molar-refractivity contribution in [2.45, 2.75) is 44.2 Å². The highest BCUT2D eigenvalue weighted by molar-refractivity contribution is 5.84. The summed E-state index contributed by atoms with van der Waals surface area (Å²) in [6, 6.07) is 3.17. The zero-order valence-electron chi connectivity index (χ0n) is 10.5. The molecule has 3 N–H and O–H groups in total. The molecule has 0 radical (unpaired) electrons. The summed E-state index contributed by atoms with van der Waals surface area (Å²) in [4.78, 5) is 10.7. The Labute approximate surface area is 106 Å². The lowest BCUT2D eigenvalue weighted by molar-refractivity contribution is 0.0110. The smallest absolute Gasteiger partial charge is 0.371 e. The summed E-state index contributed by atoms with van der Waals surface area (Å²) in [5, 5.41) is 22.6. The minimum absolute atomic E-state index is 0.137. The molecule has 2 atom stereocenters. The Bertz CT molecular complexity index is 418. The molecule has 0 bridgehead atoms. The molecule has 1 fully saturated rings. The number of hydrogen-bond donors (Lipinski definition) is 3. The summed E-state index contributed by atoms with van der Waals surface area (Å²) in [5.41, 5.74) is -1.14. The zero-order valence-corrected chi connectivity index (χ0v) is 10.5.